The molecule has 168 valence electrons. The Morgan fingerprint density at radius 3 is 2.45 bits per heavy atom. The highest BCUT2D eigenvalue weighted by molar-refractivity contribution is 5.91. The maximum Gasteiger partial charge on any atom is 0.407 e. The summed E-state index contributed by atoms with van der Waals surface area (Å²) in [6, 6.07) is -0.325. The minimum atomic E-state index is -0.913. The molecule has 1 heterocycles. The summed E-state index contributed by atoms with van der Waals surface area (Å²) < 4.78 is 5.30. The van der Waals surface area contributed by atoms with Gasteiger partial charge in [-0.15, -0.1) is 0 Å². The van der Waals surface area contributed by atoms with Crippen LogP contribution in [0.15, 0.2) is 5.16 Å². The second-order valence-corrected chi connectivity index (χ2v) is 9.20. The van der Waals surface area contributed by atoms with E-state index >= 15 is 0 Å². The third kappa shape index (κ3) is 8.20. The van der Waals surface area contributed by atoms with Gasteiger partial charge in [0.15, 0.2) is 6.10 Å². The second-order valence-electron chi connectivity index (χ2n) is 9.20. The van der Waals surface area contributed by atoms with Crippen molar-refractivity contribution in [3.63, 3.8) is 0 Å². The zero-order chi connectivity index (χ0) is 22.2. The number of oxime groups is 1. The van der Waals surface area contributed by atoms with Crippen LogP contribution in [0, 0.1) is 17.8 Å². The molecule has 4 N–H and O–H groups in total. The van der Waals surface area contributed by atoms with E-state index in [4.69, 9.17) is 15.3 Å². The number of nitrogens with two attached hydrogens (primary N) is 1. The first-order valence-electron chi connectivity index (χ1n) is 10.6. The van der Waals surface area contributed by atoms with Crippen molar-refractivity contribution in [1.29, 1.82) is 0 Å². The van der Waals surface area contributed by atoms with Crippen molar-refractivity contribution in [3.05, 3.63) is 0 Å². The number of nitrogens with zero attached hydrogens (tertiary/aromatic N) is 1. The summed E-state index contributed by atoms with van der Waals surface area (Å²) in [5.41, 5.74) is 5.43. The fourth-order valence-electron chi connectivity index (χ4n) is 3.40. The topological polar surface area (TPSA) is 123 Å². The average Bonchev–Trinajstić information content (AvgIpc) is 3.15. The van der Waals surface area contributed by atoms with Gasteiger partial charge in [0.25, 0.3) is 0 Å². The first-order valence-corrected chi connectivity index (χ1v) is 10.6. The van der Waals surface area contributed by atoms with Crippen LogP contribution in [0.3, 0.4) is 0 Å². The van der Waals surface area contributed by atoms with Crippen LogP contribution in [-0.4, -0.2) is 47.2 Å². The Hall–Kier alpha value is -1.83. The number of carboxylic acid groups (broad SMARTS) is 1. The van der Waals surface area contributed by atoms with Gasteiger partial charge in [-0.1, -0.05) is 38.8 Å². The van der Waals surface area contributed by atoms with Crippen molar-refractivity contribution >= 4 is 17.8 Å². The van der Waals surface area contributed by atoms with Crippen LogP contribution in [0.4, 0.5) is 4.79 Å². The number of carboxylic acids is 1. The summed E-state index contributed by atoms with van der Waals surface area (Å²) in [6.45, 7) is 12.5. The van der Waals surface area contributed by atoms with Crippen LogP contribution < -0.4 is 11.1 Å². The van der Waals surface area contributed by atoms with Gasteiger partial charge < -0.3 is 25.7 Å². The van der Waals surface area contributed by atoms with Crippen molar-refractivity contribution < 1.29 is 24.3 Å². The predicted molar refractivity (Wildman–Crippen MR) is 113 cm³/mol. The van der Waals surface area contributed by atoms with Crippen LogP contribution in [0.1, 0.15) is 73.6 Å². The van der Waals surface area contributed by atoms with Crippen molar-refractivity contribution in [2.75, 3.05) is 6.54 Å². The fourth-order valence-corrected chi connectivity index (χ4v) is 3.40. The lowest BCUT2D eigenvalue weighted by Gasteiger charge is -2.24. The molecule has 0 saturated heterocycles. The maximum atomic E-state index is 12.1. The number of rotatable bonds is 7. The molecule has 8 heteroatoms. The Kier molecular flexibility index (Phi) is 9.89. The van der Waals surface area contributed by atoms with Crippen LogP contribution in [0.2, 0.25) is 0 Å². The van der Waals surface area contributed by atoms with E-state index in [0.717, 1.165) is 37.9 Å². The lowest BCUT2D eigenvalue weighted by molar-refractivity contribution is -0.145. The number of carbonyl (C=O) groups excluding carboxylic acids is 1. The number of amides is 1. The van der Waals surface area contributed by atoms with Crippen LogP contribution in [-0.2, 0) is 14.4 Å². The van der Waals surface area contributed by atoms with Gasteiger partial charge in [-0.2, -0.15) is 0 Å². The number of carbonyl (C=O) groups is 2. The SMILES string of the molecule is CC(C)CN.CCCCCC1=NOC2C(C(=O)O)CC(NC(=O)OC(C)(C)C)C12. The summed E-state index contributed by atoms with van der Waals surface area (Å²) in [5.74, 6) is -1.10. The van der Waals surface area contributed by atoms with Gasteiger partial charge in [-0.25, -0.2) is 4.79 Å². The van der Waals surface area contributed by atoms with E-state index in [2.05, 4.69) is 31.2 Å². The van der Waals surface area contributed by atoms with Crippen LogP contribution in [0.5, 0.6) is 0 Å². The summed E-state index contributed by atoms with van der Waals surface area (Å²) >= 11 is 0. The first kappa shape index (κ1) is 25.2. The Labute approximate surface area is 174 Å². The van der Waals surface area contributed by atoms with E-state index in [1.807, 2.05) is 0 Å². The molecule has 29 heavy (non-hydrogen) atoms. The predicted octanol–water partition coefficient (Wildman–Crippen LogP) is 3.54. The molecule has 0 aromatic heterocycles. The third-order valence-electron chi connectivity index (χ3n) is 4.90. The maximum absolute atomic E-state index is 12.1. The van der Waals surface area contributed by atoms with Gasteiger partial charge in [-0.05, 0) is 52.5 Å². The van der Waals surface area contributed by atoms with Crippen molar-refractivity contribution in [1.82, 2.24) is 5.32 Å². The molecule has 1 aliphatic carbocycles. The Morgan fingerprint density at radius 1 is 1.34 bits per heavy atom. The number of unbranched alkanes of at least 4 members (excludes halogenated alkanes) is 2. The minimum absolute atomic E-state index is 0.185. The molecule has 0 bridgehead atoms. The number of alkyl carbamates (subject to hydrolysis) is 1. The fraction of sp³-hybridized carbons (Fsp3) is 0.857. The van der Waals surface area contributed by atoms with Crippen molar-refractivity contribution in [3.8, 4) is 0 Å². The van der Waals surface area contributed by atoms with Gasteiger partial charge in [-0.3, -0.25) is 4.79 Å². The molecule has 4 atom stereocenters. The summed E-state index contributed by atoms with van der Waals surface area (Å²) in [6.07, 6.45) is 3.24. The molecular formula is C21H39N3O5. The zero-order valence-corrected chi connectivity index (χ0v) is 18.7. The molecule has 2 aliphatic rings. The molecule has 1 aliphatic heterocycles. The number of hydrogen-bond acceptors (Lipinski definition) is 6. The normalized spacial score (nSPS) is 25.4. The number of nitrogens with one attached hydrogen (secondary N) is 1. The molecular weight excluding hydrogens is 374 g/mol. The van der Waals surface area contributed by atoms with Crippen molar-refractivity contribution in [2.45, 2.75) is 91.4 Å². The minimum Gasteiger partial charge on any atom is -0.481 e. The van der Waals surface area contributed by atoms with Gasteiger partial charge >= 0.3 is 12.1 Å². The van der Waals surface area contributed by atoms with E-state index < -0.39 is 29.7 Å². The Balaban J connectivity index is 0.000000749. The zero-order valence-electron chi connectivity index (χ0n) is 18.7. The standard InChI is InChI=1S/C17H28N2O5.C4H11N/c1-5-6-7-8-11-13-12(18-16(22)23-17(2,3)4)9-10(15(20)21)14(13)24-19-11;1-4(2)3-5/h10,12-14H,5-9H2,1-4H3,(H,18,22)(H,20,21);4H,3,5H2,1-2H3. The summed E-state index contributed by atoms with van der Waals surface area (Å²) in [4.78, 5) is 29.0. The van der Waals surface area contributed by atoms with Gasteiger partial charge in [0.2, 0.25) is 0 Å². The van der Waals surface area contributed by atoms with E-state index in [1.54, 1.807) is 20.8 Å². The lowest BCUT2D eigenvalue weighted by Crippen LogP contribution is -2.43. The van der Waals surface area contributed by atoms with E-state index in [1.165, 1.54) is 0 Å². The van der Waals surface area contributed by atoms with Gasteiger partial charge in [0.05, 0.1) is 17.5 Å². The monoisotopic (exact) mass is 413 g/mol. The molecule has 2 rings (SSSR count). The molecule has 4 unspecified atom stereocenters. The van der Waals surface area contributed by atoms with Crippen molar-refractivity contribution in [2.24, 2.45) is 28.6 Å². The summed E-state index contributed by atoms with van der Waals surface area (Å²) in [7, 11) is 0. The number of fused-ring (bicyclic) bond motifs is 1. The molecule has 1 amide bonds. The molecule has 0 spiro atoms. The lowest BCUT2D eigenvalue weighted by atomic mass is 9.91. The Bertz CT molecular complexity index is 571. The largest absolute Gasteiger partial charge is 0.481 e. The highest BCUT2D eigenvalue weighted by atomic mass is 16.6. The molecule has 0 aromatic carbocycles. The number of aliphatic carboxylic acids is 1. The van der Waals surface area contributed by atoms with Gasteiger partial charge in [0.1, 0.15) is 5.60 Å². The molecule has 8 nitrogen and oxygen atoms in total. The van der Waals surface area contributed by atoms with Crippen LogP contribution >= 0.6 is 0 Å². The number of hydrogen-bond donors (Lipinski definition) is 3. The summed E-state index contributed by atoms with van der Waals surface area (Å²) in [5, 5.41) is 16.4. The van der Waals surface area contributed by atoms with E-state index in [9.17, 15) is 14.7 Å². The van der Waals surface area contributed by atoms with E-state index in [-0.39, 0.29) is 12.0 Å². The quantitative estimate of drug-likeness (QED) is 0.549. The highest BCUT2D eigenvalue weighted by Crippen LogP contribution is 2.40. The molecule has 1 saturated carbocycles. The number of ether oxygens (including phenoxy) is 1. The average molecular weight is 414 g/mol. The third-order valence-corrected chi connectivity index (χ3v) is 4.90. The molecule has 0 radical (unpaired) electrons. The molecule has 1 fully saturated rings. The van der Waals surface area contributed by atoms with E-state index in [0.29, 0.717) is 12.3 Å². The molecule has 0 aromatic rings. The highest BCUT2D eigenvalue weighted by Gasteiger charge is 2.54. The van der Waals surface area contributed by atoms with Crippen LogP contribution in [0.25, 0.3) is 0 Å². The smallest absolute Gasteiger partial charge is 0.407 e. The van der Waals surface area contributed by atoms with Gasteiger partial charge in [0, 0.05) is 6.04 Å². The second kappa shape index (κ2) is 11.4. The Morgan fingerprint density at radius 2 is 1.97 bits per heavy atom. The first-order chi connectivity index (χ1) is 13.5.